The fourth-order valence-electron chi connectivity index (χ4n) is 2.47. The molecule has 11 heteroatoms. The summed E-state index contributed by atoms with van der Waals surface area (Å²) in [6.07, 6.45) is -1.31. The van der Waals surface area contributed by atoms with Gasteiger partial charge in [0.15, 0.2) is 22.4 Å². The molecule has 30 heavy (non-hydrogen) atoms. The Labute approximate surface area is 173 Å². The summed E-state index contributed by atoms with van der Waals surface area (Å²) in [7, 11) is -1.66. The van der Waals surface area contributed by atoms with Gasteiger partial charge in [-0.1, -0.05) is 18.2 Å². The van der Waals surface area contributed by atoms with Crippen LogP contribution in [0, 0.1) is 0 Å². The van der Waals surface area contributed by atoms with E-state index in [1.165, 1.54) is 6.20 Å². The standard InChI is InChI=1S/C19H23F3N4O3S/c1-23-18(25-11-9-14-5-7-16(8-6-14)30(2,27)28)26-12-15-4-3-10-24-17(15)29-13-19(20,21)22/h3-8,10H,9,11-13H2,1-2H3,(H2,23,25,26). The van der Waals surface area contributed by atoms with Crippen LogP contribution >= 0.6 is 0 Å². The molecule has 0 amide bonds. The van der Waals surface area contributed by atoms with Crippen molar-refractivity contribution in [3.05, 3.63) is 53.7 Å². The van der Waals surface area contributed by atoms with E-state index in [1.54, 1.807) is 43.4 Å². The minimum atomic E-state index is -4.45. The van der Waals surface area contributed by atoms with Crippen molar-refractivity contribution in [1.29, 1.82) is 0 Å². The number of rotatable bonds is 8. The first-order chi connectivity index (χ1) is 14.1. The molecule has 0 radical (unpaired) electrons. The number of pyridine rings is 1. The van der Waals surface area contributed by atoms with Crippen molar-refractivity contribution in [2.24, 2.45) is 4.99 Å². The minimum absolute atomic E-state index is 0.0938. The molecule has 0 saturated carbocycles. The lowest BCUT2D eigenvalue weighted by Gasteiger charge is -2.15. The Hall–Kier alpha value is -2.82. The van der Waals surface area contributed by atoms with E-state index in [0.29, 0.717) is 24.5 Å². The molecule has 0 atom stereocenters. The topological polar surface area (TPSA) is 92.7 Å². The fraction of sp³-hybridized carbons (Fsp3) is 0.368. The Morgan fingerprint density at radius 1 is 1.17 bits per heavy atom. The highest BCUT2D eigenvalue weighted by Crippen LogP contribution is 2.19. The molecule has 0 unspecified atom stereocenters. The van der Waals surface area contributed by atoms with Gasteiger partial charge < -0.3 is 15.4 Å². The van der Waals surface area contributed by atoms with Gasteiger partial charge in [-0.2, -0.15) is 13.2 Å². The molecule has 0 fully saturated rings. The van der Waals surface area contributed by atoms with Crippen LogP contribution in [0.5, 0.6) is 5.88 Å². The number of benzene rings is 1. The fourth-order valence-corrected chi connectivity index (χ4v) is 3.10. The number of hydrogen-bond donors (Lipinski definition) is 2. The molecule has 2 N–H and O–H groups in total. The van der Waals surface area contributed by atoms with Crippen molar-refractivity contribution >= 4 is 15.8 Å². The molecule has 164 valence electrons. The van der Waals surface area contributed by atoms with Gasteiger partial charge in [0.25, 0.3) is 0 Å². The second-order valence-corrected chi connectivity index (χ2v) is 8.41. The van der Waals surface area contributed by atoms with Crippen LogP contribution in [0.4, 0.5) is 13.2 Å². The molecule has 0 aliphatic rings. The summed E-state index contributed by atoms with van der Waals surface area (Å²) >= 11 is 0. The molecular weight excluding hydrogens is 421 g/mol. The summed E-state index contributed by atoms with van der Waals surface area (Å²) in [6, 6.07) is 9.82. The number of aliphatic imine (C=N–C) groups is 1. The zero-order chi connectivity index (χ0) is 22.2. The van der Waals surface area contributed by atoms with Crippen LogP contribution < -0.4 is 15.4 Å². The first kappa shape index (κ1) is 23.5. The second kappa shape index (κ2) is 10.3. The van der Waals surface area contributed by atoms with Crippen molar-refractivity contribution in [1.82, 2.24) is 15.6 Å². The maximum Gasteiger partial charge on any atom is 0.422 e. The summed E-state index contributed by atoms with van der Waals surface area (Å²) in [5.74, 6) is 0.358. The number of guanidine groups is 1. The van der Waals surface area contributed by atoms with E-state index in [2.05, 4.69) is 20.6 Å². The molecule has 1 aromatic heterocycles. The molecule has 2 rings (SSSR count). The first-order valence-corrected chi connectivity index (χ1v) is 10.8. The van der Waals surface area contributed by atoms with Crippen LogP contribution in [0.1, 0.15) is 11.1 Å². The van der Waals surface area contributed by atoms with Gasteiger partial charge in [0.1, 0.15) is 0 Å². The SMILES string of the molecule is CN=C(NCCc1ccc(S(C)(=O)=O)cc1)NCc1cccnc1OCC(F)(F)F. The molecule has 1 aromatic carbocycles. The lowest BCUT2D eigenvalue weighted by atomic mass is 10.1. The minimum Gasteiger partial charge on any atom is -0.468 e. The Kier molecular flexibility index (Phi) is 8.04. The van der Waals surface area contributed by atoms with Gasteiger partial charge in [-0.15, -0.1) is 0 Å². The largest absolute Gasteiger partial charge is 0.468 e. The average Bonchev–Trinajstić information content (AvgIpc) is 2.68. The van der Waals surface area contributed by atoms with Gasteiger partial charge in [0.05, 0.1) is 4.90 Å². The third-order valence-electron chi connectivity index (χ3n) is 3.95. The highest BCUT2D eigenvalue weighted by molar-refractivity contribution is 7.90. The van der Waals surface area contributed by atoms with Crippen molar-refractivity contribution in [2.45, 2.75) is 24.0 Å². The molecule has 0 bridgehead atoms. The lowest BCUT2D eigenvalue weighted by molar-refractivity contribution is -0.154. The molecular formula is C19H23F3N4O3S. The van der Waals surface area contributed by atoms with Gasteiger partial charge in [0, 0.05) is 38.2 Å². The number of sulfone groups is 1. The van der Waals surface area contributed by atoms with Crippen LogP contribution in [-0.4, -0.2) is 52.0 Å². The van der Waals surface area contributed by atoms with E-state index in [1.807, 2.05) is 0 Å². The second-order valence-electron chi connectivity index (χ2n) is 6.39. The van der Waals surface area contributed by atoms with E-state index in [9.17, 15) is 21.6 Å². The van der Waals surface area contributed by atoms with Crippen LogP contribution in [0.2, 0.25) is 0 Å². The third kappa shape index (κ3) is 7.90. The van der Waals surface area contributed by atoms with E-state index in [4.69, 9.17) is 4.74 Å². The van der Waals surface area contributed by atoms with Crippen molar-refractivity contribution in [2.75, 3.05) is 26.5 Å². The van der Waals surface area contributed by atoms with E-state index in [-0.39, 0.29) is 17.3 Å². The molecule has 2 aromatic rings. The van der Waals surface area contributed by atoms with Crippen molar-refractivity contribution in [3.63, 3.8) is 0 Å². The summed E-state index contributed by atoms with van der Waals surface area (Å²) in [4.78, 5) is 8.18. The summed E-state index contributed by atoms with van der Waals surface area (Å²) in [6.45, 7) is -0.728. The van der Waals surface area contributed by atoms with Gasteiger partial charge in [-0.25, -0.2) is 13.4 Å². The number of nitrogens with one attached hydrogen (secondary N) is 2. The number of aromatic nitrogens is 1. The summed E-state index contributed by atoms with van der Waals surface area (Å²) in [5.41, 5.74) is 1.40. The van der Waals surface area contributed by atoms with Crippen molar-refractivity contribution in [3.8, 4) is 5.88 Å². The predicted molar refractivity (Wildman–Crippen MR) is 107 cm³/mol. The lowest BCUT2D eigenvalue weighted by Crippen LogP contribution is -2.38. The number of hydrogen-bond acceptors (Lipinski definition) is 5. The quantitative estimate of drug-likeness (QED) is 0.480. The molecule has 0 spiro atoms. The summed E-state index contributed by atoms with van der Waals surface area (Å²) in [5, 5.41) is 6.09. The molecule has 0 aliphatic heterocycles. The van der Waals surface area contributed by atoms with Gasteiger partial charge >= 0.3 is 6.18 Å². The van der Waals surface area contributed by atoms with Crippen LogP contribution in [0.15, 0.2) is 52.5 Å². The highest BCUT2D eigenvalue weighted by Gasteiger charge is 2.29. The van der Waals surface area contributed by atoms with Crippen LogP contribution in [0.25, 0.3) is 0 Å². The zero-order valence-corrected chi connectivity index (χ0v) is 17.3. The smallest absolute Gasteiger partial charge is 0.422 e. The Morgan fingerprint density at radius 2 is 1.87 bits per heavy atom. The monoisotopic (exact) mass is 444 g/mol. The highest BCUT2D eigenvalue weighted by atomic mass is 32.2. The van der Waals surface area contributed by atoms with E-state index in [0.717, 1.165) is 11.8 Å². The number of alkyl halides is 3. The third-order valence-corrected chi connectivity index (χ3v) is 5.08. The van der Waals surface area contributed by atoms with E-state index < -0.39 is 22.6 Å². The van der Waals surface area contributed by atoms with Gasteiger partial charge in [-0.05, 0) is 30.2 Å². The number of nitrogens with zero attached hydrogens (tertiary/aromatic N) is 2. The normalized spacial score (nSPS) is 12.5. The Bertz CT molecular complexity index is 962. The first-order valence-electron chi connectivity index (χ1n) is 8.95. The van der Waals surface area contributed by atoms with Gasteiger partial charge in [0.2, 0.25) is 5.88 Å². The van der Waals surface area contributed by atoms with Crippen LogP contribution in [0.3, 0.4) is 0 Å². The zero-order valence-electron chi connectivity index (χ0n) is 16.5. The van der Waals surface area contributed by atoms with Crippen molar-refractivity contribution < 1.29 is 26.3 Å². The molecule has 0 aliphatic carbocycles. The van der Waals surface area contributed by atoms with Gasteiger partial charge in [-0.3, -0.25) is 4.99 Å². The number of halogens is 3. The summed E-state index contributed by atoms with van der Waals surface area (Å²) < 4.78 is 64.9. The molecule has 1 heterocycles. The average molecular weight is 444 g/mol. The Morgan fingerprint density at radius 3 is 2.47 bits per heavy atom. The maximum atomic E-state index is 12.4. The van der Waals surface area contributed by atoms with E-state index >= 15 is 0 Å². The molecule has 7 nitrogen and oxygen atoms in total. The maximum absolute atomic E-state index is 12.4. The number of ether oxygens (including phenoxy) is 1. The predicted octanol–water partition coefficient (Wildman–Crippen LogP) is 2.33. The Balaban J connectivity index is 1.86. The van der Waals surface area contributed by atoms with Crippen LogP contribution in [-0.2, 0) is 22.8 Å². The molecule has 0 saturated heterocycles.